The zero-order valence-electron chi connectivity index (χ0n) is 8.68. The van der Waals surface area contributed by atoms with Crippen LogP contribution in [0.3, 0.4) is 0 Å². The van der Waals surface area contributed by atoms with Crippen LogP contribution in [0.1, 0.15) is 26.2 Å². The molecule has 1 heterocycles. The number of hydrogen-bond donors (Lipinski definition) is 1. The second-order valence-corrected chi connectivity index (χ2v) is 3.82. The third kappa shape index (κ3) is 3.35. The third-order valence-corrected chi connectivity index (χ3v) is 2.76. The molecule has 1 aliphatic rings. The largest absolute Gasteiger partial charge is 0.346 e. The summed E-state index contributed by atoms with van der Waals surface area (Å²) < 4.78 is 0. The molecule has 0 aromatic heterocycles. The highest BCUT2D eigenvalue weighted by Gasteiger charge is 2.15. The van der Waals surface area contributed by atoms with Gasteiger partial charge in [0.15, 0.2) is 0 Å². The summed E-state index contributed by atoms with van der Waals surface area (Å²) in [4.78, 5) is 13.1. The predicted octanol–water partition coefficient (Wildman–Crippen LogP) is 0.854. The monoisotopic (exact) mass is 184 g/mol. The molecule has 0 spiro atoms. The molecule has 1 amide bonds. The van der Waals surface area contributed by atoms with Gasteiger partial charge in [-0.25, -0.2) is 0 Å². The molecule has 0 saturated carbocycles. The van der Waals surface area contributed by atoms with E-state index in [4.69, 9.17) is 0 Å². The minimum Gasteiger partial charge on any atom is -0.346 e. The summed E-state index contributed by atoms with van der Waals surface area (Å²) in [6, 6.07) is 0. The van der Waals surface area contributed by atoms with Crippen molar-refractivity contribution in [1.82, 2.24) is 10.2 Å². The van der Waals surface area contributed by atoms with Crippen LogP contribution in [0, 0.1) is 5.92 Å². The van der Waals surface area contributed by atoms with Gasteiger partial charge in [0.2, 0.25) is 5.91 Å². The van der Waals surface area contributed by atoms with Gasteiger partial charge in [-0.05, 0) is 31.8 Å². The van der Waals surface area contributed by atoms with Crippen molar-refractivity contribution < 1.29 is 4.79 Å². The highest BCUT2D eigenvalue weighted by molar-refractivity contribution is 5.75. The number of nitrogens with one attached hydrogen (secondary N) is 1. The van der Waals surface area contributed by atoms with E-state index in [1.54, 1.807) is 0 Å². The fourth-order valence-corrected chi connectivity index (χ4v) is 1.73. The van der Waals surface area contributed by atoms with Crippen molar-refractivity contribution in [3.63, 3.8) is 0 Å². The fourth-order valence-electron chi connectivity index (χ4n) is 1.73. The van der Waals surface area contributed by atoms with Gasteiger partial charge in [-0.1, -0.05) is 6.92 Å². The molecule has 76 valence electrons. The number of hydrogen-bond acceptors (Lipinski definition) is 2. The SMILES string of the molecule is CCC(=O)N(C)CCC1CCNC1. The first kappa shape index (κ1) is 10.5. The Labute approximate surface area is 80.5 Å². The van der Waals surface area contributed by atoms with E-state index in [0.29, 0.717) is 6.42 Å². The maximum Gasteiger partial charge on any atom is 0.222 e. The van der Waals surface area contributed by atoms with Gasteiger partial charge in [0, 0.05) is 20.0 Å². The van der Waals surface area contributed by atoms with Crippen LogP contribution in [0.5, 0.6) is 0 Å². The molecule has 3 nitrogen and oxygen atoms in total. The molecular formula is C10H20N2O. The molecule has 1 aliphatic heterocycles. The first-order valence-electron chi connectivity index (χ1n) is 5.18. The fraction of sp³-hybridized carbons (Fsp3) is 0.900. The summed E-state index contributed by atoms with van der Waals surface area (Å²) in [7, 11) is 1.90. The first-order valence-corrected chi connectivity index (χ1v) is 5.18. The maximum atomic E-state index is 11.2. The Morgan fingerprint density at radius 2 is 2.38 bits per heavy atom. The van der Waals surface area contributed by atoms with Crippen LogP contribution in [0.4, 0.5) is 0 Å². The topological polar surface area (TPSA) is 32.3 Å². The molecule has 1 N–H and O–H groups in total. The zero-order valence-corrected chi connectivity index (χ0v) is 8.68. The molecule has 0 bridgehead atoms. The van der Waals surface area contributed by atoms with Gasteiger partial charge in [0.25, 0.3) is 0 Å². The van der Waals surface area contributed by atoms with Crippen LogP contribution in [0.2, 0.25) is 0 Å². The average molecular weight is 184 g/mol. The number of carbonyl (C=O) groups excluding carboxylic acids is 1. The van der Waals surface area contributed by atoms with Crippen molar-refractivity contribution in [1.29, 1.82) is 0 Å². The molecule has 1 fully saturated rings. The van der Waals surface area contributed by atoms with Gasteiger partial charge < -0.3 is 10.2 Å². The van der Waals surface area contributed by atoms with Crippen molar-refractivity contribution in [2.75, 3.05) is 26.7 Å². The van der Waals surface area contributed by atoms with Gasteiger partial charge in [0.05, 0.1) is 0 Å². The molecule has 1 atom stereocenters. The summed E-state index contributed by atoms with van der Waals surface area (Å²) in [6.07, 6.45) is 3.04. The van der Waals surface area contributed by atoms with Gasteiger partial charge in [0.1, 0.15) is 0 Å². The maximum absolute atomic E-state index is 11.2. The Hall–Kier alpha value is -0.570. The van der Waals surface area contributed by atoms with E-state index < -0.39 is 0 Å². The van der Waals surface area contributed by atoms with E-state index in [1.807, 2.05) is 18.9 Å². The molecule has 3 heteroatoms. The summed E-state index contributed by atoms with van der Waals surface area (Å²) in [5.41, 5.74) is 0. The Bertz CT molecular complexity index is 164. The summed E-state index contributed by atoms with van der Waals surface area (Å²) in [5, 5.41) is 3.34. The van der Waals surface area contributed by atoms with Crippen molar-refractivity contribution in [3.05, 3.63) is 0 Å². The standard InChI is InChI=1S/C10H20N2O/c1-3-10(13)12(2)7-5-9-4-6-11-8-9/h9,11H,3-8H2,1-2H3. The predicted molar refractivity (Wildman–Crippen MR) is 53.5 cm³/mol. The summed E-state index contributed by atoms with van der Waals surface area (Å²) >= 11 is 0. The lowest BCUT2D eigenvalue weighted by atomic mass is 10.1. The minimum atomic E-state index is 0.256. The molecule has 0 radical (unpaired) electrons. The molecule has 0 aromatic rings. The van der Waals surface area contributed by atoms with Crippen LogP contribution < -0.4 is 5.32 Å². The summed E-state index contributed by atoms with van der Waals surface area (Å²) in [5.74, 6) is 1.04. The van der Waals surface area contributed by atoms with E-state index in [1.165, 1.54) is 6.42 Å². The minimum absolute atomic E-state index is 0.256. The van der Waals surface area contributed by atoms with Crippen LogP contribution in [0.25, 0.3) is 0 Å². The Kier molecular flexibility index (Phi) is 4.22. The quantitative estimate of drug-likeness (QED) is 0.702. The molecule has 1 saturated heterocycles. The lowest BCUT2D eigenvalue weighted by molar-refractivity contribution is -0.129. The molecule has 1 unspecified atom stereocenters. The van der Waals surface area contributed by atoms with Crippen LogP contribution in [-0.4, -0.2) is 37.5 Å². The van der Waals surface area contributed by atoms with Crippen molar-refractivity contribution in [2.45, 2.75) is 26.2 Å². The van der Waals surface area contributed by atoms with Gasteiger partial charge >= 0.3 is 0 Å². The Morgan fingerprint density at radius 3 is 2.92 bits per heavy atom. The van der Waals surface area contributed by atoms with Gasteiger partial charge in [-0.15, -0.1) is 0 Å². The van der Waals surface area contributed by atoms with Gasteiger partial charge in [-0.2, -0.15) is 0 Å². The normalized spacial score (nSPS) is 21.8. The zero-order chi connectivity index (χ0) is 9.68. The van der Waals surface area contributed by atoms with E-state index in [2.05, 4.69) is 5.32 Å². The van der Waals surface area contributed by atoms with E-state index >= 15 is 0 Å². The van der Waals surface area contributed by atoms with Crippen molar-refractivity contribution >= 4 is 5.91 Å². The molecule has 0 aromatic carbocycles. The smallest absolute Gasteiger partial charge is 0.222 e. The van der Waals surface area contributed by atoms with Crippen LogP contribution in [-0.2, 0) is 4.79 Å². The highest BCUT2D eigenvalue weighted by atomic mass is 16.2. The second-order valence-electron chi connectivity index (χ2n) is 3.82. The van der Waals surface area contributed by atoms with Crippen molar-refractivity contribution in [2.24, 2.45) is 5.92 Å². The number of amides is 1. The van der Waals surface area contributed by atoms with E-state index in [9.17, 15) is 4.79 Å². The lowest BCUT2D eigenvalue weighted by Crippen LogP contribution is -2.28. The average Bonchev–Trinajstić information content (AvgIpc) is 2.65. The Morgan fingerprint density at radius 1 is 1.62 bits per heavy atom. The van der Waals surface area contributed by atoms with Gasteiger partial charge in [-0.3, -0.25) is 4.79 Å². The molecular weight excluding hydrogens is 164 g/mol. The van der Waals surface area contributed by atoms with Crippen molar-refractivity contribution in [3.8, 4) is 0 Å². The highest BCUT2D eigenvalue weighted by Crippen LogP contribution is 2.12. The number of rotatable bonds is 4. The van der Waals surface area contributed by atoms with E-state index in [-0.39, 0.29) is 5.91 Å². The number of nitrogens with zero attached hydrogens (tertiary/aromatic N) is 1. The molecule has 13 heavy (non-hydrogen) atoms. The summed E-state index contributed by atoms with van der Waals surface area (Å²) in [6.45, 7) is 5.11. The first-order chi connectivity index (χ1) is 6.24. The third-order valence-electron chi connectivity index (χ3n) is 2.76. The van der Waals surface area contributed by atoms with Crippen LogP contribution >= 0.6 is 0 Å². The Balaban J connectivity index is 2.13. The van der Waals surface area contributed by atoms with Crippen LogP contribution in [0.15, 0.2) is 0 Å². The molecule has 1 rings (SSSR count). The second kappa shape index (κ2) is 5.22. The number of carbonyl (C=O) groups is 1. The lowest BCUT2D eigenvalue weighted by Gasteiger charge is -2.18. The molecule has 0 aliphatic carbocycles. The van der Waals surface area contributed by atoms with E-state index in [0.717, 1.165) is 32.0 Å².